The van der Waals surface area contributed by atoms with E-state index in [0.29, 0.717) is 0 Å². The number of hydrogen-bond acceptors (Lipinski definition) is 24. The van der Waals surface area contributed by atoms with E-state index in [4.69, 9.17) is 54.4 Å². The van der Waals surface area contributed by atoms with Crippen molar-refractivity contribution in [1.29, 1.82) is 0 Å². The van der Waals surface area contributed by atoms with Gasteiger partial charge in [0.15, 0.2) is 12.6 Å². The average molecular weight is 861 g/mol. The van der Waals surface area contributed by atoms with Gasteiger partial charge in [0.05, 0.1) is 50.7 Å². The molecule has 4 aliphatic heterocycles. The number of phosphoric ester groups is 1. The molecule has 19 N–H and O–H groups in total. The molecule has 0 radical (unpaired) electrons. The summed E-state index contributed by atoms with van der Waals surface area (Å²) in [6.45, 7) is -4.20. The molecular weight excluding hydrogens is 811 g/mol. The van der Waals surface area contributed by atoms with E-state index >= 15 is 0 Å². The minimum atomic E-state index is -5.23. The predicted octanol–water partition coefficient (Wildman–Crippen LogP) is -10.0. The molecule has 4 saturated heterocycles. The van der Waals surface area contributed by atoms with E-state index < -0.39 is 181 Å². The monoisotopic (exact) mass is 860 g/mol. The number of aliphatic hydroxyl groups is 11. The van der Waals surface area contributed by atoms with Gasteiger partial charge >= 0.3 is 19.8 Å². The molecule has 4 heterocycles. The Kier molecular flexibility index (Phi) is 15.9. The van der Waals surface area contributed by atoms with Gasteiger partial charge in [0.1, 0.15) is 73.2 Å². The van der Waals surface area contributed by atoms with Gasteiger partial charge in [-0.2, -0.15) is 0 Å². The third-order valence-electron chi connectivity index (χ3n) is 9.82. The summed E-state index contributed by atoms with van der Waals surface area (Å²) in [5.74, 6) is -10.3. The van der Waals surface area contributed by atoms with Crippen LogP contribution in [0.5, 0.6) is 0 Å². The van der Waals surface area contributed by atoms with Crippen LogP contribution in [0.15, 0.2) is 0 Å². The first-order chi connectivity index (χ1) is 26.4. The van der Waals surface area contributed by atoms with Crippen LogP contribution in [0, 0.1) is 0 Å². The predicted molar refractivity (Wildman–Crippen MR) is 171 cm³/mol. The fraction of sp³-hybridized carbons (Fsp3) is 0.929. The van der Waals surface area contributed by atoms with Crippen LogP contribution in [0.1, 0.15) is 12.8 Å². The normalized spacial score (nSPS) is 45.6. The molecule has 29 heteroatoms. The second kappa shape index (κ2) is 18.9. The molecule has 4 fully saturated rings. The number of ether oxygens (including phenoxy) is 7. The summed E-state index contributed by atoms with van der Waals surface area (Å²) >= 11 is 0. The summed E-state index contributed by atoms with van der Waals surface area (Å²) in [6, 6.07) is -3.25. The van der Waals surface area contributed by atoms with Gasteiger partial charge in [0.25, 0.3) is 11.6 Å². The number of rotatable bonds is 16. The molecule has 0 aromatic rings. The van der Waals surface area contributed by atoms with Gasteiger partial charge in [-0.3, -0.25) is 4.52 Å². The molecule has 4 aliphatic rings. The second-order valence-corrected chi connectivity index (χ2v) is 15.0. The molecule has 0 unspecified atom stereocenters. The zero-order valence-corrected chi connectivity index (χ0v) is 30.3. The second-order valence-electron chi connectivity index (χ2n) is 13.8. The Balaban J connectivity index is 1.56. The number of aliphatic carboxylic acids is 2. The Labute approximate surface area is 320 Å². The van der Waals surface area contributed by atoms with Crippen molar-refractivity contribution in [3.05, 3.63) is 0 Å². The van der Waals surface area contributed by atoms with E-state index in [2.05, 4.69) is 4.52 Å². The van der Waals surface area contributed by atoms with E-state index in [1.807, 2.05) is 0 Å². The minimum Gasteiger partial charge on any atom is -0.477 e. The Morgan fingerprint density at radius 1 is 0.702 bits per heavy atom. The topological polar surface area (TPSA) is 481 Å². The number of phosphoric acid groups is 1. The van der Waals surface area contributed by atoms with E-state index in [1.165, 1.54) is 0 Å². The largest absolute Gasteiger partial charge is 0.477 e. The molecule has 332 valence electrons. The summed E-state index contributed by atoms with van der Waals surface area (Å²) in [4.78, 5) is 43.7. The van der Waals surface area contributed by atoms with Crippen molar-refractivity contribution in [3.8, 4) is 0 Å². The van der Waals surface area contributed by atoms with Crippen LogP contribution in [0.25, 0.3) is 0 Å². The van der Waals surface area contributed by atoms with Crippen molar-refractivity contribution in [2.45, 2.75) is 135 Å². The summed E-state index contributed by atoms with van der Waals surface area (Å²) < 4.78 is 53.8. The highest BCUT2D eigenvalue weighted by Crippen LogP contribution is 2.42. The standard InChI is InChI=1S/C28H49N2O26P/c29-13-19(40)17(38)12(51-23(13)49-5-11-16(37)20(41)14(30)24(52-11)56-57(46,47)48)6-50-27(25(42)43)2-10(18(39)22(54-27)9(35)4-32)53-28(26(44)45)1-7(33)15(36)21(55-28)8(34)3-31/h7-24,31-41H,1-6,29-30H2,(H,42,43)(H,44,45)(H2,46,47,48)/t7-,8-,9-,10-,11-,12-,13-,14-,15-,16-,17-,18-,19-,20-,21-,22-,23-,24-,27-,28-/m1/s1. The van der Waals surface area contributed by atoms with Gasteiger partial charge in [0, 0.05) is 12.8 Å². The van der Waals surface area contributed by atoms with Crippen LogP contribution in [0.4, 0.5) is 0 Å². The van der Waals surface area contributed by atoms with Gasteiger partial charge in [-0.15, -0.1) is 0 Å². The number of aliphatic hydroxyl groups excluding tert-OH is 11. The lowest BCUT2D eigenvalue weighted by atomic mass is 9.90. The molecule has 0 aliphatic carbocycles. The highest BCUT2D eigenvalue weighted by Gasteiger charge is 2.61. The SMILES string of the molecule is N[C@H]1[C@H](OC[C@H]2O[C@H](OP(=O)(O)O)[C@H](N)[C@@H](O)[C@@H]2O)O[C@H](CO[C@]2(C(=O)O)C[C@@H](O[C@]3(C(=O)O)C[C@@H](O)[C@@H](O)[C@@H]([C@H](O)CO)O3)[C@@H](O)[C@@H]([C@H](O)CO)O2)[C@@H](O)[C@@H]1O. The van der Waals surface area contributed by atoms with Crippen molar-refractivity contribution in [3.63, 3.8) is 0 Å². The third kappa shape index (κ3) is 10.4. The minimum absolute atomic E-state index is 0.810. The molecular formula is C28H49N2O26P. The molecule has 0 amide bonds. The molecule has 0 spiro atoms. The van der Waals surface area contributed by atoms with Crippen molar-refractivity contribution in [2.75, 3.05) is 26.4 Å². The van der Waals surface area contributed by atoms with Gasteiger partial charge in [-0.05, 0) is 0 Å². The quantitative estimate of drug-likeness (QED) is 0.0641. The van der Waals surface area contributed by atoms with E-state index in [-0.39, 0.29) is 0 Å². The van der Waals surface area contributed by atoms with E-state index in [1.54, 1.807) is 0 Å². The maximum atomic E-state index is 12.8. The summed E-state index contributed by atoms with van der Waals surface area (Å²) in [6.07, 6.45) is -33.8. The lowest BCUT2D eigenvalue weighted by molar-refractivity contribution is -0.378. The summed E-state index contributed by atoms with van der Waals surface area (Å²) in [5, 5.41) is 134. The zero-order valence-electron chi connectivity index (χ0n) is 29.4. The Morgan fingerprint density at radius 2 is 1.18 bits per heavy atom. The molecule has 0 aromatic heterocycles. The fourth-order valence-electron chi connectivity index (χ4n) is 6.59. The molecule has 28 nitrogen and oxygen atoms in total. The molecule has 0 bridgehead atoms. The Bertz CT molecular complexity index is 1410. The van der Waals surface area contributed by atoms with Gasteiger partial charge in [-0.25, -0.2) is 14.2 Å². The highest BCUT2D eigenvalue weighted by atomic mass is 31.2. The van der Waals surface area contributed by atoms with Crippen LogP contribution < -0.4 is 11.5 Å². The number of hydrogen-bond donors (Lipinski definition) is 17. The average Bonchev–Trinajstić information content (AvgIpc) is 3.14. The smallest absolute Gasteiger partial charge is 0.471 e. The van der Waals surface area contributed by atoms with Crippen LogP contribution in [0.3, 0.4) is 0 Å². The molecule has 57 heavy (non-hydrogen) atoms. The van der Waals surface area contributed by atoms with Crippen molar-refractivity contribution in [1.82, 2.24) is 0 Å². The van der Waals surface area contributed by atoms with Gasteiger partial charge in [0.2, 0.25) is 0 Å². The maximum Gasteiger partial charge on any atom is 0.471 e. The Hall–Kier alpha value is -1.75. The first kappa shape index (κ1) is 47.9. The third-order valence-corrected chi connectivity index (χ3v) is 10.3. The van der Waals surface area contributed by atoms with Crippen LogP contribution in [-0.2, 0) is 51.8 Å². The zero-order chi connectivity index (χ0) is 42.9. The van der Waals surface area contributed by atoms with Crippen LogP contribution in [0.2, 0.25) is 0 Å². The van der Waals surface area contributed by atoms with Gasteiger partial charge in [-0.1, -0.05) is 0 Å². The van der Waals surface area contributed by atoms with Crippen molar-refractivity contribution in [2.24, 2.45) is 11.5 Å². The number of nitrogens with two attached hydrogens (primary N) is 2. The van der Waals surface area contributed by atoms with E-state index in [9.17, 15) is 80.5 Å². The molecule has 4 rings (SSSR count). The highest BCUT2D eigenvalue weighted by molar-refractivity contribution is 7.46. The van der Waals surface area contributed by atoms with Crippen LogP contribution >= 0.6 is 7.82 Å². The van der Waals surface area contributed by atoms with Crippen molar-refractivity contribution < 1.29 is 128 Å². The molecule has 0 aromatic carbocycles. The lowest BCUT2D eigenvalue weighted by Gasteiger charge is -2.50. The van der Waals surface area contributed by atoms with Gasteiger partial charge < -0.3 is 121 Å². The van der Waals surface area contributed by atoms with E-state index in [0.717, 1.165) is 0 Å². The summed E-state index contributed by atoms with van der Waals surface area (Å²) in [7, 11) is -5.23. The Morgan fingerprint density at radius 3 is 1.68 bits per heavy atom. The number of carboxylic acids is 2. The first-order valence-corrected chi connectivity index (χ1v) is 18.6. The lowest BCUT2D eigenvalue weighted by Crippen LogP contribution is -2.68. The number of carbonyl (C=O) groups is 2. The van der Waals surface area contributed by atoms with Crippen molar-refractivity contribution >= 4 is 19.8 Å². The number of carboxylic acid groups (broad SMARTS) is 2. The molecule has 0 saturated carbocycles. The fourth-order valence-corrected chi connectivity index (χ4v) is 7.05. The molecule has 20 atom stereocenters. The maximum absolute atomic E-state index is 12.8. The van der Waals surface area contributed by atoms with Crippen LogP contribution in [-0.4, -0.2) is 236 Å². The summed E-state index contributed by atoms with van der Waals surface area (Å²) in [5.41, 5.74) is 11.6. The first-order valence-electron chi connectivity index (χ1n) is 17.1.